The summed E-state index contributed by atoms with van der Waals surface area (Å²) in [6.45, 7) is 3.15. The van der Waals surface area contributed by atoms with E-state index in [0.717, 1.165) is 0 Å². The molecule has 1 aromatic carbocycles. The summed E-state index contributed by atoms with van der Waals surface area (Å²) in [4.78, 5) is 12.2. The molecule has 0 fully saturated rings. The topological polar surface area (TPSA) is 22.0 Å². The van der Waals surface area contributed by atoms with E-state index in [0.29, 0.717) is 0 Å². The molecular formula is C14H13BF3NO. The highest BCUT2D eigenvalue weighted by Crippen LogP contribution is 2.38. The van der Waals surface area contributed by atoms with Crippen molar-refractivity contribution in [1.29, 1.82) is 0 Å². The van der Waals surface area contributed by atoms with Crippen LogP contribution in [0.3, 0.4) is 0 Å². The van der Waals surface area contributed by atoms with Gasteiger partial charge in [-0.1, -0.05) is 31.4 Å². The third kappa shape index (κ3) is 2.23. The van der Waals surface area contributed by atoms with Crippen LogP contribution in [0.5, 0.6) is 0 Å². The number of rotatable bonds is 1. The maximum atomic E-state index is 13.4. The summed E-state index contributed by atoms with van der Waals surface area (Å²) in [5, 5.41) is -0.0386. The Morgan fingerprint density at radius 1 is 1.25 bits per heavy atom. The number of hydrogen-bond donors (Lipinski definition) is 0. The fraction of sp³-hybridized carbons (Fsp3) is 0.357. The first-order chi connectivity index (χ1) is 9.14. The van der Waals surface area contributed by atoms with E-state index in [-0.39, 0.29) is 21.9 Å². The van der Waals surface area contributed by atoms with Gasteiger partial charge in [0.2, 0.25) is 0 Å². The molecule has 2 aromatic rings. The van der Waals surface area contributed by atoms with Gasteiger partial charge in [-0.25, -0.2) is 0 Å². The molecule has 0 unspecified atom stereocenters. The predicted molar refractivity (Wildman–Crippen MR) is 73.7 cm³/mol. The average Bonchev–Trinajstić information content (AvgIpc) is 2.31. The van der Waals surface area contributed by atoms with Crippen molar-refractivity contribution in [2.24, 2.45) is 7.05 Å². The minimum Gasteiger partial charge on any atom is -0.311 e. The van der Waals surface area contributed by atoms with Gasteiger partial charge in [0, 0.05) is 18.0 Å². The monoisotopic (exact) mass is 279 g/mol. The Labute approximate surface area is 115 Å². The number of nitrogens with zero attached hydrogens (tertiary/aromatic N) is 1. The smallest absolute Gasteiger partial charge is 0.311 e. The first kappa shape index (κ1) is 14.7. The van der Waals surface area contributed by atoms with Crippen molar-refractivity contribution in [2.75, 3.05) is 0 Å². The van der Waals surface area contributed by atoms with Crippen molar-refractivity contribution in [3.63, 3.8) is 0 Å². The number of fused-ring (bicyclic) bond motifs is 1. The highest BCUT2D eigenvalue weighted by atomic mass is 19.4. The number of alkyl halides is 3. The maximum absolute atomic E-state index is 13.4. The van der Waals surface area contributed by atoms with E-state index in [1.54, 1.807) is 13.8 Å². The van der Waals surface area contributed by atoms with E-state index in [1.807, 2.05) is 0 Å². The number of aromatic nitrogens is 1. The minimum atomic E-state index is -4.60. The molecule has 0 N–H and O–H groups in total. The molecule has 0 saturated heterocycles. The van der Waals surface area contributed by atoms with Gasteiger partial charge in [0.25, 0.3) is 5.56 Å². The van der Waals surface area contributed by atoms with Gasteiger partial charge >= 0.3 is 6.18 Å². The lowest BCUT2D eigenvalue weighted by atomic mass is 9.89. The minimum absolute atomic E-state index is 0.0386. The Morgan fingerprint density at radius 2 is 1.85 bits per heavy atom. The number of aryl methyl sites for hydroxylation is 1. The largest absolute Gasteiger partial charge is 0.417 e. The normalized spacial score (nSPS) is 12.3. The molecule has 0 saturated carbocycles. The van der Waals surface area contributed by atoms with Gasteiger partial charge in [-0.05, 0) is 12.0 Å². The Hall–Kier alpha value is -1.72. The number of pyridine rings is 1. The van der Waals surface area contributed by atoms with Crippen LogP contribution in [-0.4, -0.2) is 12.4 Å². The Bertz CT molecular complexity index is 732. The lowest BCUT2D eigenvalue weighted by Gasteiger charge is -2.20. The summed E-state index contributed by atoms with van der Waals surface area (Å²) < 4.78 is 41.4. The molecule has 0 bridgehead atoms. The second-order valence-corrected chi connectivity index (χ2v) is 5.08. The van der Waals surface area contributed by atoms with E-state index in [1.165, 1.54) is 29.8 Å². The van der Waals surface area contributed by atoms with E-state index in [9.17, 15) is 18.0 Å². The predicted octanol–water partition coefficient (Wildman–Crippen LogP) is 2.47. The van der Waals surface area contributed by atoms with Crippen molar-refractivity contribution in [3.8, 4) is 0 Å². The van der Waals surface area contributed by atoms with Gasteiger partial charge in [0.05, 0.1) is 11.1 Å². The van der Waals surface area contributed by atoms with Crippen LogP contribution in [0.25, 0.3) is 10.9 Å². The first-order valence-corrected chi connectivity index (χ1v) is 6.14. The number of halogens is 3. The zero-order valence-electron chi connectivity index (χ0n) is 11.4. The fourth-order valence-corrected chi connectivity index (χ4v) is 2.43. The molecule has 2 nitrogen and oxygen atoms in total. The Morgan fingerprint density at radius 3 is 2.35 bits per heavy atom. The molecule has 6 heteroatoms. The lowest BCUT2D eigenvalue weighted by molar-refractivity contribution is -0.137. The highest BCUT2D eigenvalue weighted by Gasteiger charge is 2.38. The molecular weight excluding hydrogens is 266 g/mol. The number of benzene rings is 1. The summed E-state index contributed by atoms with van der Waals surface area (Å²) >= 11 is 0. The highest BCUT2D eigenvalue weighted by molar-refractivity contribution is 6.33. The van der Waals surface area contributed by atoms with E-state index < -0.39 is 23.2 Å². The van der Waals surface area contributed by atoms with Crippen molar-refractivity contribution in [2.45, 2.75) is 25.9 Å². The molecule has 104 valence electrons. The van der Waals surface area contributed by atoms with Crippen LogP contribution in [-0.2, 0) is 13.2 Å². The van der Waals surface area contributed by atoms with Crippen LogP contribution in [0, 0.1) is 0 Å². The van der Waals surface area contributed by atoms with Crippen LogP contribution < -0.4 is 11.0 Å². The van der Waals surface area contributed by atoms with Crippen LogP contribution in [0.1, 0.15) is 30.9 Å². The first-order valence-electron chi connectivity index (χ1n) is 6.14. The van der Waals surface area contributed by atoms with Gasteiger partial charge in [0.15, 0.2) is 0 Å². The molecule has 1 heterocycles. The third-order valence-corrected chi connectivity index (χ3v) is 3.32. The molecule has 0 atom stereocenters. The Balaban J connectivity index is 3.11. The fourth-order valence-electron chi connectivity index (χ4n) is 2.43. The summed E-state index contributed by atoms with van der Waals surface area (Å²) in [5.41, 5.74) is -1.27. The second-order valence-electron chi connectivity index (χ2n) is 5.08. The zero-order valence-corrected chi connectivity index (χ0v) is 11.4. The standard InChI is InChI=1S/C14H13BF3NO/c1-7(2)11-12(14(16,17)18)9-6-8(15)4-5-10(9)19(3)13(11)20/h4-7H,1-3H3. The lowest BCUT2D eigenvalue weighted by Crippen LogP contribution is -2.28. The molecule has 0 amide bonds. The third-order valence-electron chi connectivity index (χ3n) is 3.32. The van der Waals surface area contributed by atoms with Crippen LogP contribution in [0.15, 0.2) is 23.0 Å². The van der Waals surface area contributed by atoms with Crippen LogP contribution >= 0.6 is 0 Å². The van der Waals surface area contributed by atoms with Gasteiger partial charge in [-0.15, -0.1) is 0 Å². The van der Waals surface area contributed by atoms with E-state index in [4.69, 9.17) is 7.85 Å². The summed E-state index contributed by atoms with van der Waals surface area (Å²) in [7, 11) is 7.06. The molecule has 0 spiro atoms. The molecule has 0 aliphatic rings. The van der Waals surface area contributed by atoms with Gasteiger partial charge < -0.3 is 4.57 Å². The summed E-state index contributed by atoms with van der Waals surface area (Å²) in [6.07, 6.45) is -4.60. The molecule has 0 aliphatic carbocycles. The van der Waals surface area contributed by atoms with Crippen LogP contribution in [0.4, 0.5) is 13.2 Å². The molecule has 1 aromatic heterocycles. The van der Waals surface area contributed by atoms with Crippen molar-refractivity contribution in [1.82, 2.24) is 4.57 Å². The molecule has 2 radical (unpaired) electrons. The molecule has 2 rings (SSSR count). The average molecular weight is 279 g/mol. The van der Waals surface area contributed by atoms with Gasteiger partial charge in [-0.3, -0.25) is 4.79 Å². The number of hydrogen-bond acceptors (Lipinski definition) is 1. The summed E-state index contributed by atoms with van der Waals surface area (Å²) in [6, 6.07) is 4.19. The van der Waals surface area contributed by atoms with Crippen molar-refractivity contribution in [3.05, 3.63) is 39.7 Å². The molecule has 0 aliphatic heterocycles. The van der Waals surface area contributed by atoms with Gasteiger partial charge in [-0.2, -0.15) is 13.2 Å². The van der Waals surface area contributed by atoms with Crippen molar-refractivity contribution >= 4 is 24.2 Å². The summed E-state index contributed by atoms with van der Waals surface area (Å²) in [5.74, 6) is -0.531. The van der Waals surface area contributed by atoms with Gasteiger partial charge in [0.1, 0.15) is 7.85 Å². The Kier molecular flexibility index (Phi) is 3.44. The quantitative estimate of drug-likeness (QED) is 0.735. The SMILES string of the molecule is [B]c1ccc2c(c1)c(C(F)(F)F)c(C(C)C)c(=O)n2C. The maximum Gasteiger partial charge on any atom is 0.417 e. The van der Waals surface area contributed by atoms with Crippen LogP contribution in [0.2, 0.25) is 0 Å². The van der Waals surface area contributed by atoms with Crippen molar-refractivity contribution < 1.29 is 13.2 Å². The van der Waals surface area contributed by atoms with E-state index >= 15 is 0 Å². The zero-order chi connectivity index (χ0) is 15.2. The van der Waals surface area contributed by atoms with E-state index in [2.05, 4.69) is 0 Å². The second kappa shape index (κ2) is 4.68. The molecule has 20 heavy (non-hydrogen) atoms.